The van der Waals surface area contributed by atoms with Crippen LogP contribution in [0.5, 0.6) is 0 Å². The molecule has 224 valence electrons. The molecule has 43 heavy (non-hydrogen) atoms. The SMILES string of the molecule is C.C[C@](N)(c1ccc(F)cc1)c1cnc(N2CCN(c3ncnn4cc(-c5cnn([C@@H]6COC[C@@H]6O)c5)cc34)CC2)nc1. The number of aliphatic hydroxyl groups is 1. The summed E-state index contributed by atoms with van der Waals surface area (Å²) in [6.07, 6.45) is 10.2. The van der Waals surface area contributed by atoms with Crippen LogP contribution in [0.3, 0.4) is 0 Å². The van der Waals surface area contributed by atoms with Crippen LogP contribution < -0.4 is 15.5 Å². The number of hydrogen-bond donors (Lipinski definition) is 2. The summed E-state index contributed by atoms with van der Waals surface area (Å²) in [5.74, 6) is 1.20. The predicted molar refractivity (Wildman–Crippen MR) is 160 cm³/mol. The highest BCUT2D eigenvalue weighted by molar-refractivity contribution is 5.77. The Morgan fingerprint density at radius 2 is 1.63 bits per heavy atom. The van der Waals surface area contributed by atoms with E-state index in [0.717, 1.165) is 59.8 Å². The molecule has 4 aromatic heterocycles. The first-order valence-corrected chi connectivity index (χ1v) is 13.9. The van der Waals surface area contributed by atoms with Gasteiger partial charge >= 0.3 is 0 Å². The summed E-state index contributed by atoms with van der Waals surface area (Å²) in [6, 6.07) is 8.06. The molecule has 3 atom stereocenters. The molecule has 0 radical (unpaired) electrons. The molecule has 0 saturated carbocycles. The van der Waals surface area contributed by atoms with Gasteiger partial charge in [-0.05, 0) is 30.7 Å². The fourth-order valence-corrected chi connectivity index (χ4v) is 5.60. The van der Waals surface area contributed by atoms with Crippen LogP contribution in [0, 0.1) is 5.82 Å². The molecule has 12 nitrogen and oxygen atoms in total. The molecule has 0 bridgehead atoms. The summed E-state index contributed by atoms with van der Waals surface area (Å²) in [7, 11) is 0. The van der Waals surface area contributed by atoms with Gasteiger partial charge in [0.05, 0.1) is 24.9 Å². The van der Waals surface area contributed by atoms with Gasteiger partial charge in [-0.3, -0.25) is 4.68 Å². The van der Waals surface area contributed by atoms with Gasteiger partial charge < -0.3 is 25.4 Å². The average molecular weight is 587 g/mol. The maximum absolute atomic E-state index is 13.4. The first kappa shape index (κ1) is 28.6. The van der Waals surface area contributed by atoms with Crippen molar-refractivity contribution in [3.63, 3.8) is 0 Å². The second-order valence-corrected chi connectivity index (χ2v) is 11.0. The van der Waals surface area contributed by atoms with Crippen LogP contribution in [0.15, 0.2) is 67.6 Å². The minimum atomic E-state index is -0.843. The summed E-state index contributed by atoms with van der Waals surface area (Å²) < 4.78 is 22.4. The molecule has 2 aliphatic heterocycles. The normalized spacial score (nSPS) is 20.3. The van der Waals surface area contributed by atoms with Gasteiger partial charge in [0.2, 0.25) is 5.95 Å². The zero-order chi connectivity index (χ0) is 28.8. The van der Waals surface area contributed by atoms with Gasteiger partial charge in [0.15, 0.2) is 5.82 Å². The zero-order valence-corrected chi connectivity index (χ0v) is 23.1. The lowest BCUT2D eigenvalue weighted by Gasteiger charge is -2.35. The third kappa shape index (κ3) is 5.31. The summed E-state index contributed by atoms with van der Waals surface area (Å²) in [4.78, 5) is 18.2. The van der Waals surface area contributed by atoms with Crippen LogP contribution in [0.1, 0.15) is 31.5 Å². The van der Waals surface area contributed by atoms with E-state index in [0.29, 0.717) is 19.2 Å². The van der Waals surface area contributed by atoms with Crippen molar-refractivity contribution in [2.24, 2.45) is 5.73 Å². The summed E-state index contributed by atoms with van der Waals surface area (Å²) in [5.41, 5.74) is 10.1. The van der Waals surface area contributed by atoms with Crippen LogP contribution in [0.2, 0.25) is 0 Å². The number of rotatable bonds is 6. The Bertz CT molecular complexity index is 1690. The number of aromatic nitrogens is 7. The molecule has 0 aliphatic carbocycles. The molecule has 7 rings (SSSR count). The molecular formula is C30H35FN10O2. The van der Waals surface area contributed by atoms with Crippen molar-refractivity contribution in [2.45, 2.75) is 32.0 Å². The molecule has 13 heteroatoms. The molecule has 2 aliphatic rings. The molecule has 6 heterocycles. The maximum Gasteiger partial charge on any atom is 0.225 e. The number of nitrogens with two attached hydrogens (primary N) is 1. The van der Waals surface area contributed by atoms with E-state index in [1.165, 1.54) is 12.1 Å². The maximum atomic E-state index is 13.4. The average Bonchev–Trinajstić information content (AvgIpc) is 3.77. The molecule has 0 amide bonds. The highest BCUT2D eigenvalue weighted by Gasteiger charge is 2.29. The highest BCUT2D eigenvalue weighted by atomic mass is 19.1. The Morgan fingerprint density at radius 3 is 2.33 bits per heavy atom. The Labute approximate surface area is 248 Å². The molecule has 0 spiro atoms. The number of halogens is 1. The van der Waals surface area contributed by atoms with Crippen molar-refractivity contribution in [3.05, 3.63) is 84.6 Å². The summed E-state index contributed by atoms with van der Waals surface area (Å²) >= 11 is 0. The van der Waals surface area contributed by atoms with E-state index in [1.54, 1.807) is 41.7 Å². The van der Waals surface area contributed by atoms with Crippen molar-refractivity contribution in [1.82, 2.24) is 34.3 Å². The second-order valence-electron chi connectivity index (χ2n) is 11.0. The van der Waals surface area contributed by atoms with E-state index in [2.05, 4.69) is 41.0 Å². The van der Waals surface area contributed by atoms with Crippen LogP contribution in [-0.4, -0.2) is 84.9 Å². The largest absolute Gasteiger partial charge is 0.388 e. The van der Waals surface area contributed by atoms with E-state index in [-0.39, 0.29) is 19.3 Å². The molecule has 5 aromatic rings. The number of benzene rings is 1. The lowest BCUT2D eigenvalue weighted by molar-refractivity contribution is 0.118. The van der Waals surface area contributed by atoms with Gasteiger partial charge in [-0.15, -0.1) is 0 Å². The van der Waals surface area contributed by atoms with Gasteiger partial charge in [-0.1, -0.05) is 19.6 Å². The quantitative estimate of drug-likeness (QED) is 0.306. The number of piperazine rings is 1. The standard InChI is InChI=1S/C29H31FN10O2.CH4/c1-29(31,21-2-4-23(30)5-3-21)22-12-32-28(33-13-22)38-8-6-37(7-9-38)27-24-10-19(14-39(24)36-18-34-27)20-11-35-40(15-20)25-16-42-17-26(25)41;/h2-5,10-15,18,25-26,41H,6-9,16-17,31H2,1H3;1H4/t25-,26+,29+;/m1./s1. The topological polar surface area (TPSA) is 136 Å². The Kier molecular flexibility index (Phi) is 7.54. The zero-order valence-electron chi connectivity index (χ0n) is 23.1. The number of fused-ring (bicyclic) bond motifs is 1. The third-order valence-electron chi connectivity index (χ3n) is 8.23. The second kappa shape index (κ2) is 11.3. The van der Waals surface area contributed by atoms with Crippen LogP contribution in [-0.2, 0) is 10.3 Å². The molecule has 1 aromatic carbocycles. The highest BCUT2D eigenvalue weighted by Crippen LogP contribution is 2.30. The first-order chi connectivity index (χ1) is 20.4. The smallest absolute Gasteiger partial charge is 0.225 e. The molecule has 2 fully saturated rings. The van der Waals surface area contributed by atoms with E-state index in [9.17, 15) is 9.50 Å². The number of nitrogens with zero attached hydrogens (tertiary/aromatic N) is 9. The van der Waals surface area contributed by atoms with Crippen molar-refractivity contribution in [3.8, 4) is 11.1 Å². The number of aliphatic hydroxyl groups excluding tert-OH is 1. The third-order valence-corrected chi connectivity index (χ3v) is 8.23. The first-order valence-electron chi connectivity index (χ1n) is 13.9. The molecular weight excluding hydrogens is 551 g/mol. The van der Waals surface area contributed by atoms with E-state index in [4.69, 9.17) is 10.5 Å². The van der Waals surface area contributed by atoms with Crippen LogP contribution in [0.25, 0.3) is 16.6 Å². The van der Waals surface area contributed by atoms with Gasteiger partial charge in [-0.25, -0.2) is 23.9 Å². The minimum absolute atomic E-state index is 0. The fraction of sp³-hybridized carbons (Fsp3) is 0.367. The Hall–Kier alpha value is -4.46. The minimum Gasteiger partial charge on any atom is -0.388 e. The van der Waals surface area contributed by atoms with Crippen molar-refractivity contribution in [2.75, 3.05) is 49.2 Å². The number of ether oxygens (including phenoxy) is 1. The number of hydrogen-bond acceptors (Lipinski definition) is 10. The van der Waals surface area contributed by atoms with E-state index in [1.807, 2.05) is 23.8 Å². The number of anilines is 2. The molecule has 3 N–H and O–H groups in total. The van der Waals surface area contributed by atoms with Gasteiger partial charge in [0, 0.05) is 67.7 Å². The monoisotopic (exact) mass is 586 g/mol. The van der Waals surface area contributed by atoms with Crippen molar-refractivity contribution >= 4 is 17.3 Å². The van der Waals surface area contributed by atoms with E-state index < -0.39 is 11.6 Å². The van der Waals surface area contributed by atoms with Gasteiger partial charge in [0.1, 0.15) is 29.8 Å². The summed E-state index contributed by atoms with van der Waals surface area (Å²) in [6.45, 7) is 5.55. The molecule has 2 saturated heterocycles. The Balaban J connectivity index is 0.00000329. The van der Waals surface area contributed by atoms with Gasteiger partial charge in [-0.2, -0.15) is 10.2 Å². The molecule has 0 unspecified atom stereocenters. The Morgan fingerprint density at radius 1 is 0.907 bits per heavy atom. The van der Waals surface area contributed by atoms with Crippen molar-refractivity contribution < 1.29 is 14.2 Å². The van der Waals surface area contributed by atoms with Crippen LogP contribution >= 0.6 is 0 Å². The van der Waals surface area contributed by atoms with Crippen molar-refractivity contribution in [1.29, 1.82) is 0 Å². The van der Waals surface area contributed by atoms with Crippen LogP contribution in [0.4, 0.5) is 16.2 Å². The predicted octanol–water partition coefficient (Wildman–Crippen LogP) is 2.64. The fourth-order valence-electron chi connectivity index (χ4n) is 5.60. The lowest BCUT2D eigenvalue weighted by Crippen LogP contribution is -2.47. The van der Waals surface area contributed by atoms with Gasteiger partial charge in [0.25, 0.3) is 0 Å². The lowest BCUT2D eigenvalue weighted by atomic mass is 9.87. The van der Waals surface area contributed by atoms with E-state index >= 15 is 0 Å². The summed E-state index contributed by atoms with van der Waals surface area (Å²) in [5, 5.41) is 19.1.